The standard InChI is InChI=1S/C15H18BrNO3/c1-10-6-7-12(16)11(9-10)14(18)17-8-4-2-3-5-13(17)15(19)20/h6-7,9,13H,2-5,8H2,1H3,(H,19,20). The molecule has 1 aliphatic rings. The van der Waals surface area contributed by atoms with E-state index in [1.165, 1.54) is 4.90 Å². The molecule has 5 heteroatoms. The molecule has 0 aliphatic carbocycles. The summed E-state index contributed by atoms with van der Waals surface area (Å²) in [7, 11) is 0. The number of aliphatic carboxylic acids is 1. The van der Waals surface area contributed by atoms with E-state index in [0.717, 1.165) is 24.8 Å². The SMILES string of the molecule is Cc1ccc(Br)c(C(=O)N2CCCCCC2C(=O)O)c1. The van der Waals surface area contributed by atoms with Crippen molar-refractivity contribution in [2.75, 3.05) is 6.54 Å². The zero-order valence-electron chi connectivity index (χ0n) is 11.4. The van der Waals surface area contributed by atoms with Gasteiger partial charge in [-0.05, 0) is 47.8 Å². The minimum atomic E-state index is -0.913. The third-order valence-corrected chi connectivity index (χ3v) is 4.34. The maximum Gasteiger partial charge on any atom is 0.326 e. The maximum atomic E-state index is 12.7. The van der Waals surface area contributed by atoms with Crippen molar-refractivity contribution in [1.82, 2.24) is 4.90 Å². The monoisotopic (exact) mass is 339 g/mol. The van der Waals surface area contributed by atoms with E-state index in [9.17, 15) is 14.7 Å². The number of halogens is 1. The van der Waals surface area contributed by atoms with Crippen molar-refractivity contribution in [3.05, 3.63) is 33.8 Å². The Hall–Kier alpha value is -1.36. The summed E-state index contributed by atoms with van der Waals surface area (Å²) in [6.07, 6.45) is 3.22. The predicted molar refractivity (Wildman–Crippen MR) is 79.8 cm³/mol. The van der Waals surface area contributed by atoms with Gasteiger partial charge in [-0.1, -0.05) is 24.5 Å². The van der Waals surface area contributed by atoms with Crippen molar-refractivity contribution < 1.29 is 14.7 Å². The molecule has 2 rings (SSSR count). The molecule has 1 unspecified atom stereocenters. The van der Waals surface area contributed by atoms with Crippen LogP contribution in [0, 0.1) is 6.92 Å². The molecule has 4 nitrogen and oxygen atoms in total. The van der Waals surface area contributed by atoms with Crippen molar-refractivity contribution in [3.8, 4) is 0 Å². The molecule has 1 aromatic rings. The number of likely N-dealkylation sites (tertiary alicyclic amines) is 1. The third-order valence-electron chi connectivity index (χ3n) is 3.65. The van der Waals surface area contributed by atoms with Crippen molar-refractivity contribution >= 4 is 27.8 Å². The van der Waals surface area contributed by atoms with Gasteiger partial charge in [-0.15, -0.1) is 0 Å². The van der Waals surface area contributed by atoms with Crippen molar-refractivity contribution in [2.24, 2.45) is 0 Å². The first kappa shape index (κ1) is 15.0. The second-order valence-corrected chi connectivity index (χ2v) is 6.04. The van der Waals surface area contributed by atoms with Gasteiger partial charge in [0, 0.05) is 11.0 Å². The van der Waals surface area contributed by atoms with Gasteiger partial charge in [0.1, 0.15) is 6.04 Å². The Balaban J connectivity index is 2.33. The van der Waals surface area contributed by atoms with Gasteiger partial charge >= 0.3 is 5.97 Å². The molecule has 0 spiro atoms. The van der Waals surface area contributed by atoms with Crippen molar-refractivity contribution in [1.29, 1.82) is 0 Å². The second kappa shape index (κ2) is 6.39. The first-order chi connectivity index (χ1) is 9.50. The Bertz CT molecular complexity index is 530. The highest BCUT2D eigenvalue weighted by Crippen LogP contribution is 2.24. The summed E-state index contributed by atoms with van der Waals surface area (Å²) in [6.45, 7) is 2.43. The lowest BCUT2D eigenvalue weighted by Crippen LogP contribution is -2.44. The van der Waals surface area contributed by atoms with E-state index in [2.05, 4.69) is 15.9 Å². The van der Waals surface area contributed by atoms with E-state index in [0.29, 0.717) is 23.0 Å². The van der Waals surface area contributed by atoms with Crippen LogP contribution in [-0.4, -0.2) is 34.5 Å². The average molecular weight is 340 g/mol. The zero-order chi connectivity index (χ0) is 14.7. The van der Waals surface area contributed by atoms with Crippen LogP contribution in [0.5, 0.6) is 0 Å². The summed E-state index contributed by atoms with van der Waals surface area (Å²) in [6, 6.07) is 4.84. The maximum absolute atomic E-state index is 12.7. The Kier molecular flexibility index (Phi) is 4.81. The Morgan fingerprint density at radius 3 is 2.75 bits per heavy atom. The summed E-state index contributed by atoms with van der Waals surface area (Å²) in [5.74, 6) is -1.11. The largest absolute Gasteiger partial charge is 0.480 e. The smallest absolute Gasteiger partial charge is 0.326 e. The highest BCUT2D eigenvalue weighted by molar-refractivity contribution is 9.10. The number of carboxylic acid groups (broad SMARTS) is 1. The number of nitrogens with zero attached hydrogens (tertiary/aromatic N) is 1. The summed E-state index contributed by atoms with van der Waals surface area (Å²) in [5, 5.41) is 9.35. The number of hydrogen-bond donors (Lipinski definition) is 1. The number of rotatable bonds is 2. The molecule has 1 N–H and O–H groups in total. The molecule has 20 heavy (non-hydrogen) atoms. The van der Waals surface area contributed by atoms with E-state index in [4.69, 9.17) is 0 Å². The van der Waals surface area contributed by atoms with Crippen LogP contribution in [0.1, 0.15) is 41.6 Å². The molecule has 1 heterocycles. The lowest BCUT2D eigenvalue weighted by Gasteiger charge is -2.27. The van der Waals surface area contributed by atoms with Crippen LogP contribution >= 0.6 is 15.9 Å². The number of carbonyl (C=O) groups excluding carboxylic acids is 1. The van der Waals surface area contributed by atoms with Gasteiger partial charge in [-0.3, -0.25) is 4.79 Å². The van der Waals surface area contributed by atoms with Gasteiger partial charge in [0.05, 0.1) is 5.56 Å². The quantitative estimate of drug-likeness (QED) is 0.899. The summed E-state index contributed by atoms with van der Waals surface area (Å²) in [5.41, 5.74) is 1.52. The summed E-state index contributed by atoms with van der Waals surface area (Å²) < 4.78 is 0.710. The van der Waals surface area contributed by atoms with E-state index in [-0.39, 0.29) is 5.91 Å². The third kappa shape index (κ3) is 3.20. The molecule has 1 aromatic carbocycles. The highest BCUT2D eigenvalue weighted by atomic mass is 79.9. The molecule has 0 aromatic heterocycles. The highest BCUT2D eigenvalue weighted by Gasteiger charge is 2.31. The molecular weight excluding hydrogens is 322 g/mol. The normalized spacial score (nSPS) is 19.5. The number of aryl methyl sites for hydroxylation is 1. The minimum absolute atomic E-state index is 0.199. The van der Waals surface area contributed by atoms with Crippen LogP contribution in [0.4, 0.5) is 0 Å². The first-order valence-electron chi connectivity index (χ1n) is 6.80. The Morgan fingerprint density at radius 1 is 1.30 bits per heavy atom. The summed E-state index contributed by atoms with van der Waals surface area (Å²) >= 11 is 3.38. The fraction of sp³-hybridized carbons (Fsp3) is 0.467. The second-order valence-electron chi connectivity index (χ2n) is 5.19. The topological polar surface area (TPSA) is 57.6 Å². The molecule has 1 atom stereocenters. The molecular formula is C15H18BrNO3. The fourth-order valence-corrected chi connectivity index (χ4v) is 2.98. The predicted octanol–water partition coefficient (Wildman–Crippen LogP) is 3.23. The molecule has 1 fully saturated rings. The molecule has 108 valence electrons. The van der Waals surface area contributed by atoms with E-state index >= 15 is 0 Å². The van der Waals surface area contributed by atoms with Gasteiger partial charge in [-0.2, -0.15) is 0 Å². The molecule has 0 radical (unpaired) electrons. The molecule has 0 saturated carbocycles. The van der Waals surface area contributed by atoms with Gasteiger partial charge in [-0.25, -0.2) is 4.79 Å². The fourth-order valence-electron chi connectivity index (χ4n) is 2.57. The number of carbonyl (C=O) groups is 2. The number of amides is 1. The lowest BCUT2D eigenvalue weighted by atomic mass is 10.1. The van der Waals surface area contributed by atoms with Crippen molar-refractivity contribution in [3.63, 3.8) is 0 Å². The number of hydrogen-bond acceptors (Lipinski definition) is 2. The van der Waals surface area contributed by atoms with Crippen LogP contribution in [0.25, 0.3) is 0 Å². The Labute approximate surface area is 126 Å². The number of benzene rings is 1. The van der Waals surface area contributed by atoms with E-state index < -0.39 is 12.0 Å². The van der Waals surface area contributed by atoms with Crippen LogP contribution in [-0.2, 0) is 4.79 Å². The minimum Gasteiger partial charge on any atom is -0.480 e. The molecule has 1 saturated heterocycles. The van der Waals surface area contributed by atoms with Crippen LogP contribution < -0.4 is 0 Å². The van der Waals surface area contributed by atoms with Gasteiger partial charge in [0.15, 0.2) is 0 Å². The van der Waals surface area contributed by atoms with E-state index in [1.54, 1.807) is 6.07 Å². The average Bonchev–Trinajstić information content (AvgIpc) is 2.66. The van der Waals surface area contributed by atoms with Crippen LogP contribution in [0.3, 0.4) is 0 Å². The van der Waals surface area contributed by atoms with Gasteiger partial charge in [0.2, 0.25) is 0 Å². The lowest BCUT2D eigenvalue weighted by molar-refractivity contribution is -0.142. The number of carboxylic acids is 1. The van der Waals surface area contributed by atoms with E-state index in [1.807, 2.05) is 19.1 Å². The van der Waals surface area contributed by atoms with Crippen molar-refractivity contribution in [2.45, 2.75) is 38.6 Å². The van der Waals surface area contributed by atoms with Gasteiger partial charge in [0.25, 0.3) is 5.91 Å². The van der Waals surface area contributed by atoms with Crippen LogP contribution in [0.2, 0.25) is 0 Å². The molecule has 1 amide bonds. The van der Waals surface area contributed by atoms with Gasteiger partial charge < -0.3 is 10.0 Å². The molecule has 0 bridgehead atoms. The zero-order valence-corrected chi connectivity index (χ0v) is 13.0. The first-order valence-corrected chi connectivity index (χ1v) is 7.60. The molecule has 1 aliphatic heterocycles. The summed E-state index contributed by atoms with van der Waals surface area (Å²) in [4.78, 5) is 25.6. The Morgan fingerprint density at radius 2 is 2.05 bits per heavy atom. The van der Waals surface area contributed by atoms with Crippen LogP contribution in [0.15, 0.2) is 22.7 Å².